The Labute approximate surface area is 162 Å². The van der Waals surface area contributed by atoms with E-state index in [1.807, 2.05) is 0 Å². The zero-order chi connectivity index (χ0) is 22.0. The van der Waals surface area contributed by atoms with Crippen molar-refractivity contribution in [3.63, 3.8) is 0 Å². The van der Waals surface area contributed by atoms with E-state index >= 15 is 0 Å². The highest BCUT2D eigenvalue weighted by atomic mass is 31.2. The van der Waals surface area contributed by atoms with Crippen molar-refractivity contribution in [3.8, 4) is 0 Å². The molecule has 0 saturated carbocycles. The summed E-state index contributed by atoms with van der Waals surface area (Å²) in [6.45, 7) is 0. The summed E-state index contributed by atoms with van der Waals surface area (Å²) in [6.07, 6.45) is -0.795. The van der Waals surface area contributed by atoms with Gasteiger partial charge < -0.3 is 25.3 Å². The van der Waals surface area contributed by atoms with Crippen LogP contribution in [0, 0.1) is 0 Å². The van der Waals surface area contributed by atoms with Crippen LogP contribution in [0.15, 0.2) is 36.4 Å². The Kier molecular flexibility index (Phi) is 6.37. The van der Waals surface area contributed by atoms with Gasteiger partial charge >= 0.3 is 25.2 Å². The molecule has 0 spiro atoms. The monoisotopic (exact) mass is 431 g/mol. The van der Waals surface area contributed by atoms with E-state index in [9.17, 15) is 27.7 Å². The van der Waals surface area contributed by atoms with Crippen LogP contribution in [0.2, 0.25) is 0 Å². The van der Waals surface area contributed by atoms with Crippen molar-refractivity contribution in [2.75, 3.05) is 0 Å². The van der Waals surface area contributed by atoms with Gasteiger partial charge in [0.05, 0.1) is 0 Å². The van der Waals surface area contributed by atoms with Crippen LogP contribution in [-0.4, -0.2) is 43.9 Å². The molecular formula is C17H16F2NO8P. The molecule has 1 amide bonds. The van der Waals surface area contributed by atoms with Gasteiger partial charge in [-0.2, -0.15) is 8.78 Å². The van der Waals surface area contributed by atoms with Gasteiger partial charge in [0.2, 0.25) is 0 Å². The Balaban J connectivity index is 2.28. The first-order chi connectivity index (χ1) is 13.3. The zero-order valence-electron chi connectivity index (χ0n) is 14.6. The molecule has 0 saturated heterocycles. The molecule has 0 radical (unpaired) electrons. The van der Waals surface area contributed by atoms with E-state index in [4.69, 9.17) is 20.0 Å². The number of benzene rings is 2. The van der Waals surface area contributed by atoms with Gasteiger partial charge in [-0.05, 0) is 35.4 Å². The molecule has 5 N–H and O–H groups in total. The standard InChI is InChI=1S/C17H16F2NO8P/c18-17(19,29(26,27)28)12-4-3-9-7-11(2-1-10(9)8-12)15(23)20-13(16(24)25)5-6-14(21)22/h1-4,7-8,13H,5-6H2,(H,20,23)(H,21,22)(H,24,25)(H2,26,27,28)/t13-/m0/s1. The van der Waals surface area contributed by atoms with Gasteiger partial charge in [0.25, 0.3) is 5.91 Å². The third kappa shape index (κ3) is 5.14. The minimum absolute atomic E-state index is 0.00595. The number of hydrogen-bond acceptors (Lipinski definition) is 4. The maximum Gasteiger partial charge on any atom is 0.399 e. The van der Waals surface area contributed by atoms with Crippen LogP contribution < -0.4 is 5.32 Å². The number of rotatable bonds is 8. The van der Waals surface area contributed by atoms with Crippen molar-refractivity contribution >= 4 is 36.2 Å². The van der Waals surface area contributed by atoms with Crippen molar-refractivity contribution in [3.05, 3.63) is 47.5 Å². The molecule has 2 aromatic rings. The van der Waals surface area contributed by atoms with Crippen LogP contribution in [0.1, 0.15) is 28.8 Å². The maximum atomic E-state index is 13.8. The summed E-state index contributed by atoms with van der Waals surface area (Å²) >= 11 is 0. The molecule has 2 rings (SSSR count). The summed E-state index contributed by atoms with van der Waals surface area (Å²) in [5, 5.41) is 20.4. The summed E-state index contributed by atoms with van der Waals surface area (Å²) in [6, 6.07) is 5.16. The number of carboxylic acids is 2. The second-order valence-corrected chi connectivity index (χ2v) is 7.81. The number of hydrogen-bond donors (Lipinski definition) is 5. The van der Waals surface area contributed by atoms with Gasteiger partial charge in [-0.15, -0.1) is 0 Å². The molecule has 0 aliphatic heterocycles. The number of fused-ring (bicyclic) bond motifs is 1. The molecule has 1 atom stereocenters. The Morgan fingerprint density at radius 2 is 1.62 bits per heavy atom. The van der Waals surface area contributed by atoms with Gasteiger partial charge in [-0.25, -0.2) is 4.79 Å². The molecule has 29 heavy (non-hydrogen) atoms. The van der Waals surface area contributed by atoms with Gasteiger partial charge in [0.15, 0.2) is 0 Å². The van der Waals surface area contributed by atoms with Crippen molar-refractivity contribution in [2.45, 2.75) is 24.5 Å². The fourth-order valence-electron chi connectivity index (χ4n) is 2.51. The molecule has 0 aliphatic rings. The molecule has 9 nitrogen and oxygen atoms in total. The number of carbonyl (C=O) groups is 3. The van der Waals surface area contributed by atoms with E-state index in [1.165, 1.54) is 18.2 Å². The summed E-state index contributed by atoms with van der Waals surface area (Å²) in [5.74, 6) is -3.45. The average molecular weight is 431 g/mol. The minimum atomic E-state index is -5.73. The molecule has 0 heterocycles. The molecule has 2 aromatic carbocycles. The maximum absolute atomic E-state index is 13.8. The highest BCUT2D eigenvalue weighted by Gasteiger charge is 2.50. The molecule has 0 aromatic heterocycles. The van der Waals surface area contributed by atoms with Gasteiger partial charge in [0.1, 0.15) is 6.04 Å². The predicted octanol–water partition coefficient (Wildman–Crippen LogP) is 2.11. The SMILES string of the molecule is O=C(O)CC[C@H](NC(=O)c1ccc2cc(C(F)(F)P(=O)(O)O)ccc2c1)C(=O)O. The first kappa shape index (κ1) is 22.4. The highest BCUT2D eigenvalue weighted by molar-refractivity contribution is 7.52. The lowest BCUT2D eigenvalue weighted by molar-refractivity contribution is -0.140. The number of nitrogens with one attached hydrogen (secondary N) is 1. The third-order valence-electron chi connectivity index (χ3n) is 4.07. The number of alkyl halides is 2. The predicted molar refractivity (Wildman–Crippen MR) is 95.6 cm³/mol. The van der Waals surface area contributed by atoms with E-state index < -0.39 is 49.1 Å². The van der Waals surface area contributed by atoms with E-state index in [0.717, 1.165) is 18.2 Å². The Morgan fingerprint density at radius 1 is 1.03 bits per heavy atom. The normalized spacial score (nSPS) is 13.1. The van der Waals surface area contributed by atoms with Crippen molar-refractivity contribution in [1.29, 1.82) is 0 Å². The zero-order valence-corrected chi connectivity index (χ0v) is 15.5. The first-order valence-electron chi connectivity index (χ1n) is 8.06. The second-order valence-electron chi connectivity index (χ2n) is 6.16. The van der Waals surface area contributed by atoms with Crippen molar-refractivity contribution < 1.29 is 47.7 Å². The Bertz CT molecular complexity index is 1020. The summed E-state index contributed by atoms with van der Waals surface area (Å²) in [5.41, 5.74) is -5.28. The fourth-order valence-corrected chi connectivity index (χ4v) is 2.98. The smallest absolute Gasteiger partial charge is 0.399 e. The van der Waals surface area contributed by atoms with Crippen LogP contribution in [0.25, 0.3) is 10.8 Å². The van der Waals surface area contributed by atoms with Gasteiger partial charge in [-0.3, -0.25) is 14.2 Å². The Hall–Kier alpha value is -2.88. The third-order valence-corrected chi connectivity index (χ3v) is 5.06. The van der Waals surface area contributed by atoms with Crippen LogP contribution in [0.3, 0.4) is 0 Å². The molecule has 12 heteroatoms. The number of halogens is 2. The van der Waals surface area contributed by atoms with Crippen LogP contribution >= 0.6 is 7.60 Å². The number of amides is 1. The molecule has 156 valence electrons. The molecule has 0 aliphatic carbocycles. The van der Waals surface area contributed by atoms with E-state index in [1.54, 1.807) is 0 Å². The van der Waals surface area contributed by atoms with E-state index in [0.29, 0.717) is 5.39 Å². The number of carbonyl (C=O) groups excluding carboxylic acids is 1. The lowest BCUT2D eigenvalue weighted by atomic mass is 10.0. The highest BCUT2D eigenvalue weighted by Crippen LogP contribution is 2.59. The quantitative estimate of drug-likeness (QED) is 0.397. The van der Waals surface area contributed by atoms with Gasteiger partial charge in [-0.1, -0.05) is 18.2 Å². The molecule has 0 unspecified atom stereocenters. The van der Waals surface area contributed by atoms with Crippen molar-refractivity contribution in [1.82, 2.24) is 5.32 Å². The number of aliphatic carboxylic acids is 2. The summed E-state index contributed by atoms with van der Waals surface area (Å²) in [4.78, 5) is 51.6. The lowest BCUT2D eigenvalue weighted by Crippen LogP contribution is -2.41. The molecule has 0 bridgehead atoms. The average Bonchev–Trinajstić information content (AvgIpc) is 2.62. The second kappa shape index (κ2) is 8.24. The van der Waals surface area contributed by atoms with Crippen LogP contribution in [0.5, 0.6) is 0 Å². The summed E-state index contributed by atoms with van der Waals surface area (Å²) in [7, 11) is -5.73. The van der Waals surface area contributed by atoms with Crippen LogP contribution in [-0.2, 0) is 19.8 Å². The fraction of sp³-hybridized carbons (Fsp3) is 0.235. The minimum Gasteiger partial charge on any atom is -0.481 e. The lowest BCUT2D eigenvalue weighted by Gasteiger charge is -2.18. The largest absolute Gasteiger partial charge is 0.481 e. The van der Waals surface area contributed by atoms with E-state index in [2.05, 4.69) is 5.32 Å². The number of carboxylic acid groups (broad SMARTS) is 2. The first-order valence-corrected chi connectivity index (χ1v) is 9.67. The van der Waals surface area contributed by atoms with Crippen LogP contribution in [0.4, 0.5) is 8.78 Å². The van der Waals surface area contributed by atoms with Gasteiger partial charge in [0, 0.05) is 17.5 Å². The van der Waals surface area contributed by atoms with E-state index in [-0.39, 0.29) is 17.4 Å². The summed E-state index contributed by atoms with van der Waals surface area (Å²) < 4.78 is 38.6. The van der Waals surface area contributed by atoms with Crippen molar-refractivity contribution in [2.24, 2.45) is 0 Å². The topological polar surface area (TPSA) is 161 Å². The Morgan fingerprint density at radius 3 is 2.17 bits per heavy atom. The molecular weight excluding hydrogens is 415 g/mol. The molecule has 0 fully saturated rings.